The predicted molar refractivity (Wildman–Crippen MR) is 116 cm³/mol. The normalized spacial score (nSPS) is 11.2. The zero-order valence-electron chi connectivity index (χ0n) is 14.9. The van der Waals surface area contributed by atoms with E-state index in [1.807, 2.05) is 56.3 Å². The molecular weight excluding hydrogens is 424 g/mol. The maximum Gasteiger partial charge on any atom is 0.265 e. The minimum absolute atomic E-state index is 0.0574. The number of para-hydroxylation sites is 1. The Balaban J connectivity index is 1.84. The van der Waals surface area contributed by atoms with Crippen molar-refractivity contribution in [3.63, 3.8) is 0 Å². The first-order chi connectivity index (χ1) is 13.0. The first-order valence-electron chi connectivity index (χ1n) is 8.62. The van der Waals surface area contributed by atoms with Crippen molar-refractivity contribution in [1.29, 1.82) is 0 Å². The minimum atomic E-state index is -0.215. The van der Waals surface area contributed by atoms with Crippen LogP contribution in [0.4, 0.5) is 5.69 Å². The number of fused-ring (bicyclic) bond motifs is 3. The summed E-state index contributed by atoms with van der Waals surface area (Å²) < 4.78 is 3.44. The molecule has 0 bridgehead atoms. The Kier molecular flexibility index (Phi) is 4.61. The molecule has 0 fully saturated rings. The number of nitrogens with zero attached hydrogens (tertiary/aromatic N) is 1. The zero-order chi connectivity index (χ0) is 19.1. The molecule has 2 aromatic heterocycles. The Morgan fingerprint density at radius 2 is 1.93 bits per heavy atom. The summed E-state index contributed by atoms with van der Waals surface area (Å²) in [4.78, 5) is 26.2. The summed E-state index contributed by atoms with van der Waals surface area (Å²) in [5.41, 5.74) is 2.65. The highest BCUT2D eigenvalue weighted by Crippen LogP contribution is 2.31. The van der Waals surface area contributed by atoms with Crippen molar-refractivity contribution >= 4 is 59.9 Å². The van der Waals surface area contributed by atoms with Gasteiger partial charge in [0.2, 0.25) is 0 Å². The molecule has 0 saturated heterocycles. The molecule has 0 radical (unpaired) electrons. The van der Waals surface area contributed by atoms with Crippen molar-refractivity contribution in [3.05, 3.63) is 73.8 Å². The lowest BCUT2D eigenvalue weighted by Crippen LogP contribution is -2.19. The van der Waals surface area contributed by atoms with Gasteiger partial charge in [0, 0.05) is 21.1 Å². The molecule has 0 atom stereocenters. The van der Waals surface area contributed by atoms with Crippen molar-refractivity contribution in [2.24, 2.45) is 0 Å². The van der Waals surface area contributed by atoms with Crippen molar-refractivity contribution in [2.45, 2.75) is 20.4 Å². The number of benzene rings is 2. The summed E-state index contributed by atoms with van der Waals surface area (Å²) in [6.07, 6.45) is 0. The van der Waals surface area contributed by atoms with Crippen LogP contribution in [0.25, 0.3) is 21.0 Å². The number of anilines is 1. The van der Waals surface area contributed by atoms with Crippen molar-refractivity contribution in [1.82, 2.24) is 4.57 Å². The summed E-state index contributed by atoms with van der Waals surface area (Å²) >= 11 is 4.84. The van der Waals surface area contributed by atoms with E-state index in [1.54, 1.807) is 10.6 Å². The van der Waals surface area contributed by atoms with E-state index < -0.39 is 0 Å². The number of aromatic nitrogens is 1. The molecule has 0 aliphatic heterocycles. The molecule has 0 spiro atoms. The predicted octanol–water partition coefficient (Wildman–Crippen LogP) is 5.56. The Morgan fingerprint density at radius 3 is 2.67 bits per heavy atom. The highest BCUT2D eigenvalue weighted by molar-refractivity contribution is 9.10. The number of nitrogens with one attached hydrogen (secondary N) is 1. The average molecular weight is 441 g/mol. The summed E-state index contributed by atoms with van der Waals surface area (Å²) in [7, 11) is 0. The molecule has 2 aromatic carbocycles. The topological polar surface area (TPSA) is 51.1 Å². The lowest BCUT2D eigenvalue weighted by Gasteiger charge is -2.08. The van der Waals surface area contributed by atoms with Gasteiger partial charge in [-0.1, -0.05) is 24.3 Å². The van der Waals surface area contributed by atoms with Crippen LogP contribution in [0.15, 0.2) is 57.8 Å². The van der Waals surface area contributed by atoms with Crippen molar-refractivity contribution < 1.29 is 4.79 Å². The standard InChI is InChI=1S/C21H17BrN2O2S/c1-3-24-17-7-5-4-6-13(17)19-14(21(24)26)11-18(27-19)20(25)23-16-9-8-12(2)10-15(16)22/h4-11H,3H2,1-2H3,(H,23,25). The lowest BCUT2D eigenvalue weighted by atomic mass is 10.1. The summed E-state index contributed by atoms with van der Waals surface area (Å²) in [5, 5.41) is 4.51. The van der Waals surface area contributed by atoms with E-state index in [0.29, 0.717) is 22.5 Å². The van der Waals surface area contributed by atoms with Crippen LogP contribution in [-0.4, -0.2) is 10.5 Å². The maximum absolute atomic E-state index is 12.9. The molecule has 1 amide bonds. The van der Waals surface area contributed by atoms with E-state index in [0.717, 1.165) is 25.6 Å². The SMILES string of the molecule is CCn1c(=O)c2cc(C(=O)Nc3ccc(C)cc3Br)sc2c2ccccc21. The van der Waals surface area contributed by atoms with E-state index in [-0.39, 0.29) is 11.5 Å². The fourth-order valence-electron chi connectivity index (χ4n) is 3.24. The molecule has 1 N–H and O–H groups in total. The average Bonchev–Trinajstić information content (AvgIpc) is 3.11. The van der Waals surface area contributed by atoms with Crippen molar-refractivity contribution in [2.75, 3.05) is 5.32 Å². The van der Waals surface area contributed by atoms with Gasteiger partial charge in [-0.2, -0.15) is 0 Å². The van der Waals surface area contributed by atoms with Crippen LogP contribution in [0.1, 0.15) is 22.2 Å². The minimum Gasteiger partial charge on any atom is -0.320 e. The Labute approximate surface area is 168 Å². The third-order valence-corrected chi connectivity index (χ3v) is 6.38. The van der Waals surface area contributed by atoms with E-state index in [1.165, 1.54) is 11.3 Å². The van der Waals surface area contributed by atoms with Crippen LogP contribution < -0.4 is 10.9 Å². The van der Waals surface area contributed by atoms with Crippen molar-refractivity contribution in [3.8, 4) is 0 Å². The second-order valence-electron chi connectivity index (χ2n) is 6.36. The first-order valence-corrected chi connectivity index (χ1v) is 10.2. The van der Waals surface area contributed by atoms with Gasteiger partial charge in [-0.15, -0.1) is 11.3 Å². The van der Waals surface area contributed by atoms with Gasteiger partial charge in [0.05, 0.1) is 21.5 Å². The van der Waals surface area contributed by atoms with Gasteiger partial charge in [-0.05, 0) is 59.6 Å². The van der Waals surface area contributed by atoms with Gasteiger partial charge >= 0.3 is 0 Å². The van der Waals surface area contributed by atoms with E-state index in [9.17, 15) is 9.59 Å². The van der Waals surface area contributed by atoms with Crippen LogP contribution in [0, 0.1) is 6.92 Å². The van der Waals surface area contributed by atoms with Crippen LogP contribution >= 0.6 is 27.3 Å². The van der Waals surface area contributed by atoms with Gasteiger partial charge in [0.1, 0.15) is 0 Å². The monoisotopic (exact) mass is 440 g/mol. The number of halogens is 1. The van der Waals surface area contributed by atoms with Crippen LogP contribution in [0.3, 0.4) is 0 Å². The highest BCUT2D eigenvalue weighted by atomic mass is 79.9. The number of aryl methyl sites for hydroxylation is 2. The van der Waals surface area contributed by atoms with Gasteiger partial charge in [-0.25, -0.2) is 0 Å². The molecule has 4 rings (SSSR count). The van der Waals surface area contributed by atoms with Crippen LogP contribution in [0.2, 0.25) is 0 Å². The largest absolute Gasteiger partial charge is 0.320 e. The number of pyridine rings is 1. The third kappa shape index (κ3) is 3.09. The summed E-state index contributed by atoms with van der Waals surface area (Å²) in [5.74, 6) is -0.215. The van der Waals surface area contributed by atoms with Gasteiger partial charge in [0.15, 0.2) is 0 Å². The quantitative estimate of drug-likeness (QED) is 0.453. The maximum atomic E-state index is 12.9. The van der Waals surface area contributed by atoms with Crippen LogP contribution in [0.5, 0.6) is 0 Å². The molecule has 136 valence electrons. The molecule has 0 aliphatic carbocycles. The Hall–Kier alpha value is -2.44. The second-order valence-corrected chi connectivity index (χ2v) is 8.26. The second kappa shape index (κ2) is 6.94. The Morgan fingerprint density at radius 1 is 1.15 bits per heavy atom. The summed E-state index contributed by atoms with van der Waals surface area (Å²) in [6.45, 7) is 4.53. The fraction of sp³-hybridized carbons (Fsp3) is 0.143. The number of thiophene rings is 1. The fourth-order valence-corrected chi connectivity index (χ4v) is 4.91. The third-order valence-electron chi connectivity index (χ3n) is 4.56. The number of carbonyl (C=O) groups excluding carboxylic acids is 1. The molecule has 0 aliphatic rings. The molecule has 4 aromatic rings. The number of rotatable bonds is 3. The lowest BCUT2D eigenvalue weighted by molar-refractivity contribution is 0.103. The smallest absolute Gasteiger partial charge is 0.265 e. The van der Waals surface area contributed by atoms with E-state index in [2.05, 4.69) is 21.2 Å². The van der Waals surface area contributed by atoms with Crippen LogP contribution in [-0.2, 0) is 6.54 Å². The number of carbonyl (C=O) groups is 1. The number of amides is 1. The molecule has 0 unspecified atom stereocenters. The van der Waals surface area contributed by atoms with Gasteiger partial charge in [-0.3, -0.25) is 9.59 Å². The molecule has 6 heteroatoms. The molecule has 0 saturated carbocycles. The highest BCUT2D eigenvalue weighted by Gasteiger charge is 2.17. The van der Waals surface area contributed by atoms with Gasteiger partial charge in [0.25, 0.3) is 11.5 Å². The zero-order valence-corrected chi connectivity index (χ0v) is 17.3. The first kappa shape index (κ1) is 17.9. The molecular formula is C21H17BrN2O2S. The van der Waals surface area contributed by atoms with E-state index in [4.69, 9.17) is 0 Å². The molecule has 2 heterocycles. The molecule has 27 heavy (non-hydrogen) atoms. The Bertz CT molecular complexity index is 1260. The van der Waals surface area contributed by atoms with Gasteiger partial charge < -0.3 is 9.88 Å². The van der Waals surface area contributed by atoms with E-state index >= 15 is 0 Å². The number of hydrogen-bond donors (Lipinski definition) is 1. The molecule has 4 nitrogen and oxygen atoms in total. The summed E-state index contributed by atoms with van der Waals surface area (Å²) in [6, 6.07) is 15.3. The number of hydrogen-bond acceptors (Lipinski definition) is 3.